The van der Waals surface area contributed by atoms with Gasteiger partial charge >= 0.3 is 0 Å². The first-order valence-corrected chi connectivity index (χ1v) is 11.3. The smallest absolute Gasteiger partial charge is 0.219 e. The molecule has 28 heavy (non-hydrogen) atoms. The molecule has 0 saturated heterocycles. The fourth-order valence-electron chi connectivity index (χ4n) is 5.08. The number of carbonyl (C=O) groups is 2. The molecule has 0 bridgehead atoms. The Kier molecular flexibility index (Phi) is 7.74. The highest BCUT2D eigenvalue weighted by Crippen LogP contribution is 2.52. The van der Waals surface area contributed by atoms with Crippen LogP contribution in [0, 0.1) is 11.8 Å². The fourth-order valence-corrected chi connectivity index (χ4v) is 6.36. The van der Waals surface area contributed by atoms with E-state index in [4.69, 9.17) is 0 Å². The number of hydrogen-bond acceptors (Lipinski definition) is 4. The molecule has 1 aromatic rings. The molecule has 0 spiro atoms. The highest BCUT2D eigenvalue weighted by Gasteiger charge is 2.51. The molecule has 1 aromatic carbocycles. The first-order valence-electron chi connectivity index (χ1n) is 10.5. The Balaban J connectivity index is 0.00000136. The van der Waals surface area contributed by atoms with Gasteiger partial charge in [-0.2, -0.15) is 0 Å². The van der Waals surface area contributed by atoms with Gasteiger partial charge in [-0.25, -0.2) is 0 Å². The lowest BCUT2D eigenvalue weighted by Gasteiger charge is -2.37. The van der Waals surface area contributed by atoms with E-state index in [-0.39, 0.29) is 33.6 Å². The van der Waals surface area contributed by atoms with Gasteiger partial charge in [0.2, 0.25) is 11.0 Å². The van der Waals surface area contributed by atoms with E-state index in [9.17, 15) is 14.7 Å². The Bertz CT molecular complexity index is 676. The van der Waals surface area contributed by atoms with Crippen LogP contribution >= 0.6 is 11.8 Å². The number of carbonyl (C=O) groups excluding carboxylic acids is 2. The molecule has 3 rings (SSSR count). The molecule has 2 aliphatic rings. The Hall–Kier alpha value is -1.33. The molecular weight excluding hydrogens is 370 g/mol. The lowest BCUT2D eigenvalue weighted by atomic mass is 9.78. The van der Waals surface area contributed by atoms with Gasteiger partial charge in [-0.05, 0) is 57.8 Å². The first-order chi connectivity index (χ1) is 13.2. The van der Waals surface area contributed by atoms with Crippen molar-refractivity contribution in [2.75, 3.05) is 0 Å². The van der Waals surface area contributed by atoms with Crippen molar-refractivity contribution in [1.29, 1.82) is 0 Å². The number of hydrogen-bond donors (Lipinski definition) is 2. The van der Waals surface area contributed by atoms with E-state index >= 15 is 0 Å². The molecule has 5 heteroatoms. The second-order valence-corrected chi connectivity index (χ2v) is 9.99. The summed E-state index contributed by atoms with van der Waals surface area (Å²) in [5, 5.41) is 14.4. The van der Waals surface area contributed by atoms with Gasteiger partial charge in [-0.3, -0.25) is 9.59 Å². The zero-order valence-corrected chi connectivity index (χ0v) is 18.6. The van der Waals surface area contributed by atoms with Crippen molar-refractivity contribution in [3.63, 3.8) is 0 Å². The van der Waals surface area contributed by atoms with Crippen molar-refractivity contribution in [3.8, 4) is 0 Å². The van der Waals surface area contributed by atoms with Gasteiger partial charge < -0.3 is 10.4 Å². The molecule has 5 unspecified atom stereocenters. The van der Waals surface area contributed by atoms with Crippen molar-refractivity contribution in [3.05, 3.63) is 35.9 Å². The third-order valence-corrected chi connectivity index (χ3v) is 7.36. The van der Waals surface area contributed by atoms with Crippen molar-refractivity contribution < 1.29 is 14.7 Å². The summed E-state index contributed by atoms with van der Waals surface area (Å²) < 4.78 is -0.304. The van der Waals surface area contributed by atoms with E-state index in [1.807, 2.05) is 51.1 Å². The van der Waals surface area contributed by atoms with Crippen molar-refractivity contribution in [2.24, 2.45) is 11.8 Å². The van der Waals surface area contributed by atoms with Crippen LogP contribution in [0.3, 0.4) is 0 Å². The van der Waals surface area contributed by atoms with Crippen LogP contribution in [0.5, 0.6) is 0 Å². The fraction of sp³-hybridized carbons (Fsp3) is 0.652. The molecule has 2 N–H and O–H groups in total. The molecule has 2 saturated carbocycles. The summed E-state index contributed by atoms with van der Waals surface area (Å²) >= 11 is 1.36. The molecule has 2 aliphatic carbocycles. The predicted molar refractivity (Wildman–Crippen MR) is 116 cm³/mol. The predicted octanol–water partition coefficient (Wildman–Crippen LogP) is 4.81. The van der Waals surface area contributed by atoms with Crippen LogP contribution < -0.4 is 5.32 Å². The summed E-state index contributed by atoms with van der Waals surface area (Å²) in [4.78, 5) is 24.3. The van der Waals surface area contributed by atoms with Gasteiger partial charge in [-0.15, -0.1) is 0 Å². The second-order valence-electron chi connectivity index (χ2n) is 8.43. The molecule has 0 radical (unpaired) electrons. The van der Waals surface area contributed by atoms with E-state index in [2.05, 4.69) is 12.2 Å². The van der Waals surface area contributed by atoms with E-state index in [0.29, 0.717) is 12.0 Å². The Morgan fingerprint density at radius 1 is 1.11 bits per heavy atom. The molecule has 5 atom stereocenters. The topological polar surface area (TPSA) is 66.4 Å². The zero-order valence-electron chi connectivity index (χ0n) is 17.8. The molecule has 156 valence electrons. The number of rotatable bonds is 3. The van der Waals surface area contributed by atoms with E-state index < -0.39 is 5.60 Å². The molecule has 2 fully saturated rings. The second kappa shape index (κ2) is 9.45. The van der Waals surface area contributed by atoms with Crippen LogP contribution in [0.15, 0.2) is 30.3 Å². The summed E-state index contributed by atoms with van der Waals surface area (Å²) in [6.07, 6.45) is 4.24. The minimum absolute atomic E-state index is 0.00377. The van der Waals surface area contributed by atoms with Gasteiger partial charge in [-0.1, -0.05) is 55.9 Å². The minimum Gasteiger partial charge on any atom is -0.390 e. The van der Waals surface area contributed by atoms with E-state index in [1.54, 1.807) is 6.92 Å². The number of thioether (sulfide) groups is 1. The summed E-state index contributed by atoms with van der Waals surface area (Å²) in [6.45, 7) is 9.57. The summed E-state index contributed by atoms with van der Waals surface area (Å²) in [5.41, 5.74) is -0.119. The lowest BCUT2D eigenvalue weighted by molar-refractivity contribution is -0.120. The third-order valence-electron chi connectivity index (χ3n) is 6.10. The molecule has 1 amide bonds. The number of aliphatic hydroxyl groups is 1. The summed E-state index contributed by atoms with van der Waals surface area (Å²) in [6, 6.07) is 9.48. The van der Waals surface area contributed by atoms with Crippen molar-refractivity contribution in [2.45, 2.75) is 83.1 Å². The molecule has 4 nitrogen and oxygen atoms in total. The van der Waals surface area contributed by atoms with Gasteiger partial charge in [0.1, 0.15) is 0 Å². The molecular formula is C23H35NO3S. The van der Waals surface area contributed by atoms with Gasteiger partial charge in [0.15, 0.2) is 0 Å². The number of benzene rings is 1. The van der Waals surface area contributed by atoms with Crippen LogP contribution in [0.25, 0.3) is 0 Å². The quantitative estimate of drug-likeness (QED) is 0.757. The first kappa shape index (κ1) is 23.0. The van der Waals surface area contributed by atoms with Crippen LogP contribution in [-0.2, 0) is 4.79 Å². The van der Waals surface area contributed by atoms with Crippen LogP contribution in [0.1, 0.15) is 77.1 Å². The maximum Gasteiger partial charge on any atom is 0.219 e. The van der Waals surface area contributed by atoms with Crippen LogP contribution in [0.2, 0.25) is 0 Å². The maximum atomic E-state index is 12.7. The monoisotopic (exact) mass is 405 g/mol. The minimum atomic E-state index is -0.826. The van der Waals surface area contributed by atoms with Crippen molar-refractivity contribution >= 4 is 22.8 Å². The van der Waals surface area contributed by atoms with Crippen LogP contribution in [-0.4, -0.2) is 32.5 Å². The average molecular weight is 406 g/mol. The largest absolute Gasteiger partial charge is 0.390 e. The number of fused-ring (bicyclic) bond motifs is 1. The Morgan fingerprint density at radius 3 is 2.36 bits per heavy atom. The van der Waals surface area contributed by atoms with Crippen LogP contribution in [0.4, 0.5) is 0 Å². The van der Waals surface area contributed by atoms with Gasteiger partial charge in [0, 0.05) is 23.3 Å². The number of nitrogens with one attached hydrogen (secondary N) is 1. The van der Waals surface area contributed by atoms with Gasteiger partial charge in [0.05, 0.1) is 5.60 Å². The number of amides is 1. The Labute approximate surface area is 173 Å². The molecule has 0 aromatic heterocycles. The molecule has 0 aliphatic heterocycles. The van der Waals surface area contributed by atoms with Crippen molar-refractivity contribution in [1.82, 2.24) is 5.32 Å². The average Bonchev–Trinajstić information content (AvgIpc) is 3.00. The standard InChI is InChI=1S/C21H29NO3S.C2H6/c1-14(23)22-18-10-9-17-16(18)11-12-20(2,13-21(17,3)25)26-19(24)15-7-5-4-6-8-15;1-2/h4-8,16-18,25H,9-13H2,1-3H3,(H,22,23);1-2H3. The highest BCUT2D eigenvalue weighted by atomic mass is 32.2. The lowest BCUT2D eigenvalue weighted by Crippen LogP contribution is -2.43. The van der Waals surface area contributed by atoms with E-state index in [1.165, 1.54) is 11.8 Å². The SMILES string of the molecule is CC.CC(=O)NC1CCC2C1CCC(C)(SC(=O)c1ccccc1)CC2(C)O. The van der Waals surface area contributed by atoms with Gasteiger partial charge in [0.25, 0.3) is 0 Å². The summed E-state index contributed by atoms with van der Waals surface area (Å²) in [7, 11) is 0. The normalized spacial score (nSPS) is 34.4. The molecule has 0 heterocycles. The Morgan fingerprint density at radius 2 is 1.75 bits per heavy atom. The highest BCUT2D eigenvalue weighted by molar-refractivity contribution is 8.15. The summed E-state index contributed by atoms with van der Waals surface area (Å²) in [5.74, 6) is 0.452. The van der Waals surface area contributed by atoms with E-state index in [0.717, 1.165) is 25.7 Å². The maximum absolute atomic E-state index is 12.7. The third kappa shape index (κ3) is 5.38. The zero-order chi connectivity index (χ0) is 20.9.